The maximum Gasteiger partial charge on any atom is 0.272 e. The number of aryl methyl sites for hydroxylation is 1. The predicted octanol–water partition coefficient (Wildman–Crippen LogP) is 1.60. The van der Waals surface area contributed by atoms with Crippen molar-refractivity contribution in [3.8, 4) is 0 Å². The third-order valence-electron chi connectivity index (χ3n) is 3.69. The molecule has 1 amide bonds. The van der Waals surface area contributed by atoms with Crippen LogP contribution in [0.25, 0.3) is 0 Å². The molecule has 5 nitrogen and oxygen atoms in total. The molecule has 6 heteroatoms. The van der Waals surface area contributed by atoms with Crippen LogP contribution in [-0.2, 0) is 0 Å². The number of rotatable bonds is 1. The van der Waals surface area contributed by atoms with Crippen LogP contribution >= 0.6 is 11.6 Å². The molecule has 2 rings (SSSR count). The van der Waals surface area contributed by atoms with Gasteiger partial charge in [-0.2, -0.15) is 0 Å². The quantitative estimate of drug-likeness (QED) is 0.734. The van der Waals surface area contributed by atoms with E-state index < -0.39 is 0 Å². The van der Waals surface area contributed by atoms with Gasteiger partial charge in [-0.3, -0.25) is 9.69 Å². The molecule has 0 aliphatic carbocycles. The van der Waals surface area contributed by atoms with E-state index in [0.29, 0.717) is 36.6 Å². The lowest BCUT2D eigenvalue weighted by Crippen LogP contribution is -2.56. The summed E-state index contributed by atoms with van der Waals surface area (Å²) in [6.45, 7) is 7.46. The van der Waals surface area contributed by atoms with Crippen LogP contribution in [0.5, 0.6) is 0 Å². The van der Waals surface area contributed by atoms with Crippen molar-refractivity contribution in [3.63, 3.8) is 0 Å². The molecular formula is C13H19ClN4O. The van der Waals surface area contributed by atoms with Crippen LogP contribution in [0.1, 0.15) is 30.0 Å². The van der Waals surface area contributed by atoms with Gasteiger partial charge in [-0.05, 0) is 45.5 Å². The summed E-state index contributed by atoms with van der Waals surface area (Å²) in [6.07, 6.45) is 0. The van der Waals surface area contributed by atoms with Gasteiger partial charge < -0.3 is 4.90 Å². The van der Waals surface area contributed by atoms with E-state index in [1.54, 1.807) is 13.0 Å². The van der Waals surface area contributed by atoms with Crippen LogP contribution in [0.2, 0.25) is 5.28 Å². The predicted molar refractivity (Wildman–Crippen MR) is 74.4 cm³/mol. The first-order valence-corrected chi connectivity index (χ1v) is 6.78. The zero-order chi connectivity index (χ0) is 14.2. The molecule has 2 atom stereocenters. The highest BCUT2D eigenvalue weighted by molar-refractivity contribution is 6.28. The van der Waals surface area contributed by atoms with E-state index in [2.05, 4.69) is 35.8 Å². The Morgan fingerprint density at radius 2 is 1.89 bits per heavy atom. The molecule has 1 fully saturated rings. The van der Waals surface area contributed by atoms with Crippen molar-refractivity contribution in [3.05, 3.63) is 22.7 Å². The fourth-order valence-electron chi connectivity index (χ4n) is 2.37. The normalized spacial score (nSPS) is 24.6. The molecular weight excluding hydrogens is 264 g/mol. The molecule has 19 heavy (non-hydrogen) atoms. The minimum absolute atomic E-state index is 0.0702. The van der Waals surface area contributed by atoms with Crippen molar-refractivity contribution in [2.24, 2.45) is 0 Å². The minimum atomic E-state index is -0.0702. The number of hydrogen-bond acceptors (Lipinski definition) is 4. The van der Waals surface area contributed by atoms with E-state index in [4.69, 9.17) is 11.6 Å². The molecule has 0 saturated carbocycles. The summed E-state index contributed by atoms with van der Waals surface area (Å²) >= 11 is 5.81. The molecule has 0 radical (unpaired) electrons. The first-order valence-electron chi connectivity index (χ1n) is 6.41. The molecule has 1 aromatic heterocycles. The third kappa shape index (κ3) is 3.04. The lowest BCUT2D eigenvalue weighted by atomic mass is 10.1. The Balaban J connectivity index is 2.20. The molecule has 1 aliphatic heterocycles. The van der Waals surface area contributed by atoms with Gasteiger partial charge in [0.05, 0.1) is 0 Å². The average molecular weight is 283 g/mol. The number of hydrogen-bond donors (Lipinski definition) is 0. The smallest absolute Gasteiger partial charge is 0.272 e. The van der Waals surface area contributed by atoms with Crippen LogP contribution < -0.4 is 0 Å². The topological polar surface area (TPSA) is 49.3 Å². The van der Waals surface area contributed by atoms with Gasteiger partial charge in [0, 0.05) is 30.9 Å². The SMILES string of the molecule is Cc1cc(C(=O)N2CC(C)N(C)C(C)C2)nc(Cl)n1. The molecule has 0 bridgehead atoms. The zero-order valence-corrected chi connectivity index (χ0v) is 12.5. The van der Waals surface area contributed by atoms with E-state index in [-0.39, 0.29) is 11.2 Å². The first kappa shape index (κ1) is 14.2. The molecule has 1 aromatic rings. The van der Waals surface area contributed by atoms with E-state index in [0.717, 1.165) is 0 Å². The highest BCUT2D eigenvalue weighted by Gasteiger charge is 2.30. The highest BCUT2D eigenvalue weighted by atomic mass is 35.5. The zero-order valence-electron chi connectivity index (χ0n) is 11.7. The second kappa shape index (κ2) is 5.43. The number of halogens is 1. The minimum Gasteiger partial charge on any atom is -0.334 e. The number of nitrogens with zero attached hydrogens (tertiary/aromatic N) is 4. The number of likely N-dealkylation sites (N-methyl/N-ethyl adjacent to an activating group) is 1. The number of aromatic nitrogens is 2. The van der Waals surface area contributed by atoms with Gasteiger partial charge in [-0.25, -0.2) is 9.97 Å². The monoisotopic (exact) mass is 282 g/mol. The van der Waals surface area contributed by atoms with Gasteiger partial charge in [0.15, 0.2) is 0 Å². The first-order chi connectivity index (χ1) is 8.88. The molecule has 2 unspecified atom stereocenters. The van der Waals surface area contributed by atoms with Crippen molar-refractivity contribution >= 4 is 17.5 Å². The lowest BCUT2D eigenvalue weighted by Gasteiger charge is -2.42. The maximum atomic E-state index is 12.5. The Labute approximate surface area is 118 Å². The number of carbonyl (C=O) groups is 1. The maximum absolute atomic E-state index is 12.5. The fourth-order valence-corrected chi connectivity index (χ4v) is 2.60. The molecule has 104 valence electrons. The number of amides is 1. The Morgan fingerprint density at radius 3 is 2.42 bits per heavy atom. The number of piperazine rings is 1. The highest BCUT2D eigenvalue weighted by Crippen LogP contribution is 2.16. The van der Waals surface area contributed by atoms with Crippen molar-refractivity contribution in [2.45, 2.75) is 32.9 Å². The van der Waals surface area contributed by atoms with Crippen molar-refractivity contribution in [1.29, 1.82) is 0 Å². The molecule has 1 aliphatic rings. The molecule has 0 N–H and O–H groups in total. The van der Waals surface area contributed by atoms with Gasteiger partial charge in [-0.15, -0.1) is 0 Å². The Kier molecular flexibility index (Phi) is 4.06. The van der Waals surface area contributed by atoms with E-state index >= 15 is 0 Å². The van der Waals surface area contributed by atoms with E-state index in [1.165, 1.54) is 0 Å². The van der Waals surface area contributed by atoms with Crippen LogP contribution in [-0.4, -0.2) is 57.9 Å². The largest absolute Gasteiger partial charge is 0.334 e. The van der Waals surface area contributed by atoms with E-state index in [9.17, 15) is 4.79 Å². The summed E-state index contributed by atoms with van der Waals surface area (Å²) in [6, 6.07) is 2.36. The van der Waals surface area contributed by atoms with Crippen LogP contribution in [0.3, 0.4) is 0 Å². The summed E-state index contributed by atoms with van der Waals surface area (Å²) in [5.41, 5.74) is 1.08. The molecule has 1 saturated heterocycles. The summed E-state index contributed by atoms with van der Waals surface area (Å²) in [4.78, 5) is 24.6. The van der Waals surface area contributed by atoms with Crippen molar-refractivity contribution in [2.75, 3.05) is 20.1 Å². The number of carbonyl (C=O) groups excluding carboxylic acids is 1. The van der Waals surface area contributed by atoms with Crippen LogP contribution in [0.15, 0.2) is 6.07 Å². The summed E-state index contributed by atoms with van der Waals surface area (Å²) in [7, 11) is 2.09. The summed E-state index contributed by atoms with van der Waals surface area (Å²) in [5.74, 6) is -0.0702. The fraction of sp³-hybridized carbons (Fsp3) is 0.615. The molecule has 2 heterocycles. The second-order valence-corrected chi connectivity index (χ2v) is 5.58. The van der Waals surface area contributed by atoms with Crippen molar-refractivity contribution < 1.29 is 4.79 Å². The van der Waals surface area contributed by atoms with Crippen molar-refractivity contribution in [1.82, 2.24) is 19.8 Å². The van der Waals surface area contributed by atoms with Crippen LogP contribution in [0, 0.1) is 6.92 Å². The van der Waals surface area contributed by atoms with Gasteiger partial charge in [0.1, 0.15) is 5.69 Å². The van der Waals surface area contributed by atoms with Gasteiger partial charge >= 0.3 is 0 Å². The Morgan fingerprint density at radius 1 is 1.32 bits per heavy atom. The van der Waals surface area contributed by atoms with E-state index in [1.807, 2.05) is 4.90 Å². The Hall–Kier alpha value is -1.20. The van der Waals surface area contributed by atoms with Gasteiger partial charge in [-0.1, -0.05) is 0 Å². The van der Waals surface area contributed by atoms with Crippen LogP contribution in [0.4, 0.5) is 0 Å². The third-order valence-corrected chi connectivity index (χ3v) is 3.86. The summed E-state index contributed by atoms with van der Waals surface area (Å²) in [5, 5.41) is 0.124. The molecule has 0 spiro atoms. The molecule has 0 aromatic carbocycles. The van der Waals surface area contributed by atoms with Gasteiger partial charge in [0.2, 0.25) is 5.28 Å². The standard InChI is InChI=1S/C13H19ClN4O/c1-8-5-11(16-13(14)15-8)12(19)18-6-9(2)17(4)10(3)7-18/h5,9-10H,6-7H2,1-4H3. The lowest BCUT2D eigenvalue weighted by molar-refractivity contribution is 0.0409. The van der Waals surface area contributed by atoms with Gasteiger partial charge in [0.25, 0.3) is 5.91 Å². The Bertz CT molecular complexity index is 461. The summed E-state index contributed by atoms with van der Waals surface area (Å²) < 4.78 is 0. The second-order valence-electron chi connectivity index (χ2n) is 5.24. The average Bonchev–Trinajstić information content (AvgIpc) is 2.33.